The number of hydrogen-bond donors (Lipinski definition) is 2. The maximum Gasteiger partial charge on any atom is 0.417 e. The van der Waals surface area contributed by atoms with Gasteiger partial charge in [-0.15, -0.1) is 0 Å². The van der Waals surface area contributed by atoms with Gasteiger partial charge >= 0.3 is 6.18 Å². The van der Waals surface area contributed by atoms with E-state index in [2.05, 4.69) is 5.32 Å². The van der Waals surface area contributed by atoms with Gasteiger partial charge in [0.2, 0.25) is 5.91 Å². The van der Waals surface area contributed by atoms with Crippen molar-refractivity contribution in [3.05, 3.63) is 35.4 Å². The number of primary amides is 1. The Morgan fingerprint density at radius 1 is 1.29 bits per heavy atom. The molecular weight excluding hydrogens is 285 g/mol. The van der Waals surface area contributed by atoms with Crippen molar-refractivity contribution in [2.45, 2.75) is 38.4 Å². The first kappa shape index (κ1) is 17.0. The molecule has 21 heavy (non-hydrogen) atoms. The Hall–Kier alpha value is -2.05. The first-order valence-electron chi connectivity index (χ1n) is 6.53. The standard InChI is InChI=1S/C14H17F3N2O2/c1-2-3-8-11(12(18)20)19-13(21)9-6-4-5-7-10(9)14(15,16)17/h4-7,11H,2-3,8H2,1H3,(H2,18,20)(H,19,21)/t11-/m0/s1. The van der Waals surface area contributed by atoms with Crippen LogP contribution in [0.15, 0.2) is 24.3 Å². The van der Waals surface area contributed by atoms with Crippen molar-refractivity contribution in [3.63, 3.8) is 0 Å². The normalized spacial score (nSPS) is 12.8. The maximum atomic E-state index is 12.8. The second-order valence-corrected chi connectivity index (χ2v) is 4.61. The Kier molecular flexibility index (Phi) is 5.75. The van der Waals surface area contributed by atoms with Crippen LogP contribution in [-0.2, 0) is 11.0 Å². The molecule has 0 heterocycles. The molecule has 4 nitrogen and oxygen atoms in total. The molecule has 0 saturated carbocycles. The average Bonchev–Trinajstić information content (AvgIpc) is 2.42. The molecule has 7 heteroatoms. The number of halogens is 3. The summed E-state index contributed by atoms with van der Waals surface area (Å²) in [5, 5.41) is 2.27. The van der Waals surface area contributed by atoms with Gasteiger partial charge in [-0.25, -0.2) is 0 Å². The predicted molar refractivity (Wildman–Crippen MR) is 71.4 cm³/mol. The van der Waals surface area contributed by atoms with E-state index >= 15 is 0 Å². The molecule has 0 fully saturated rings. The summed E-state index contributed by atoms with van der Waals surface area (Å²) >= 11 is 0. The zero-order chi connectivity index (χ0) is 16.0. The number of alkyl halides is 3. The van der Waals surface area contributed by atoms with E-state index in [9.17, 15) is 22.8 Å². The summed E-state index contributed by atoms with van der Waals surface area (Å²) in [4.78, 5) is 23.2. The minimum atomic E-state index is -4.64. The molecule has 0 spiro atoms. The molecular formula is C14H17F3N2O2. The molecule has 1 rings (SSSR count). The molecule has 0 saturated heterocycles. The highest BCUT2D eigenvalue weighted by Gasteiger charge is 2.35. The van der Waals surface area contributed by atoms with Crippen molar-refractivity contribution in [1.82, 2.24) is 5.32 Å². The predicted octanol–water partition coefficient (Wildman–Crippen LogP) is 2.48. The Labute approximate surface area is 120 Å². The van der Waals surface area contributed by atoms with Gasteiger partial charge in [-0.1, -0.05) is 31.9 Å². The molecule has 0 aliphatic rings. The topological polar surface area (TPSA) is 72.2 Å². The van der Waals surface area contributed by atoms with Gasteiger partial charge < -0.3 is 11.1 Å². The van der Waals surface area contributed by atoms with Crippen LogP contribution in [0.3, 0.4) is 0 Å². The zero-order valence-corrected chi connectivity index (χ0v) is 11.5. The van der Waals surface area contributed by atoms with Crippen LogP contribution < -0.4 is 11.1 Å². The summed E-state index contributed by atoms with van der Waals surface area (Å²) in [7, 11) is 0. The van der Waals surface area contributed by atoms with Gasteiger partial charge in [-0.05, 0) is 18.6 Å². The SMILES string of the molecule is CCCC[C@H](NC(=O)c1ccccc1C(F)(F)F)C(N)=O. The minimum Gasteiger partial charge on any atom is -0.368 e. The molecule has 0 radical (unpaired) electrons. The van der Waals surface area contributed by atoms with E-state index in [-0.39, 0.29) is 0 Å². The van der Waals surface area contributed by atoms with Gasteiger partial charge in [0.05, 0.1) is 11.1 Å². The third-order valence-corrected chi connectivity index (χ3v) is 2.97. The van der Waals surface area contributed by atoms with Crippen LogP contribution >= 0.6 is 0 Å². The third kappa shape index (κ3) is 4.77. The molecule has 1 atom stereocenters. The highest BCUT2D eigenvalue weighted by Crippen LogP contribution is 2.31. The van der Waals surface area contributed by atoms with E-state index in [4.69, 9.17) is 5.73 Å². The van der Waals surface area contributed by atoms with Crippen molar-refractivity contribution < 1.29 is 22.8 Å². The van der Waals surface area contributed by atoms with Crippen molar-refractivity contribution in [1.29, 1.82) is 0 Å². The number of nitrogens with one attached hydrogen (secondary N) is 1. The lowest BCUT2D eigenvalue weighted by Crippen LogP contribution is -2.44. The van der Waals surface area contributed by atoms with Crippen molar-refractivity contribution in [3.8, 4) is 0 Å². The molecule has 1 aromatic rings. The highest BCUT2D eigenvalue weighted by molar-refractivity contribution is 5.98. The van der Waals surface area contributed by atoms with Gasteiger partial charge in [-0.3, -0.25) is 9.59 Å². The first-order chi connectivity index (χ1) is 9.77. The number of hydrogen-bond acceptors (Lipinski definition) is 2. The summed E-state index contributed by atoms with van der Waals surface area (Å²) in [5.74, 6) is -1.72. The van der Waals surface area contributed by atoms with E-state index in [0.717, 1.165) is 18.6 Å². The Morgan fingerprint density at radius 3 is 2.43 bits per heavy atom. The second kappa shape index (κ2) is 7.10. The maximum absolute atomic E-state index is 12.8. The molecule has 0 aromatic heterocycles. The van der Waals surface area contributed by atoms with E-state index in [1.165, 1.54) is 12.1 Å². The lowest BCUT2D eigenvalue weighted by atomic mass is 10.0. The average molecular weight is 302 g/mol. The summed E-state index contributed by atoms with van der Waals surface area (Å²) < 4.78 is 38.5. The number of carbonyl (C=O) groups excluding carboxylic acids is 2. The molecule has 3 N–H and O–H groups in total. The van der Waals surface area contributed by atoms with E-state index < -0.39 is 35.2 Å². The van der Waals surface area contributed by atoms with Gasteiger partial charge in [0.15, 0.2) is 0 Å². The van der Waals surface area contributed by atoms with Crippen molar-refractivity contribution >= 4 is 11.8 Å². The van der Waals surface area contributed by atoms with Crippen LogP contribution in [-0.4, -0.2) is 17.9 Å². The zero-order valence-electron chi connectivity index (χ0n) is 11.5. The fraction of sp³-hybridized carbons (Fsp3) is 0.429. The number of amides is 2. The van der Waals surface area contributed by atoms with Crippen LogP contribution in [0.2, 0.25) is 0 Å². The number of carbonyl (C=O) groups is 2. The van der Waals surface area contributed by atoms with E-state index in [1.54, 1.807) is 0 Å². The summed E-state index contributed by atoms with van der Waals surface area (Å²) in [6.07, 6.45) is -2.93. The minimum absolute atomic E-state index is 0.297. The van der Waals surface area contributed by atoms with Gasteiger partial charge in [-0.2, -0.15) is 13.2 Å². The van der Waals surface area contributed by atoms with Crippen LogP contribution in [0.5, 0.6) is 0 Å². The molecule has 0 unspecified atom stereocenters. The van der Waals surface area contributed by atoms with Crippen LogP contribution in [0.1, 0.15) is 42.1 Å². The fourth-order valence-corrected chi connectivity index (χ4v) is 1.86. The Bertz CT molecular complexity index is 515. The van der Waals surface area contributed by atoms with Gasteiger partial charge in [0.1, 0.15) is 6.04 Å². The molecule has 0 aliphatic carbocycles. The van der Waals surface area contributed by atoms with Gasteiger partial charge in [0, 0.05) is 0 Å². The number of nitrogens with two attached hydrogens (primary N) is 1. The van der Waals surface area contributed by atoms with E-state index in [0.29, 0.717) is 12.8 Å². The Morgan fingerprint density at radius 2 is 1.90 bits per heavy atom. The molecule has 2 amide bonds. The summed E-state index contributed by atoms with van der Waals surface area (Å²) in [5.41, 5.74) is 3.59. The lowest BCUT2D eigenvalue weighted by molar-refractivity contribution is -0.137. The second-order valence-electron chi connectivity index (χ2n) is 4.61. The van der Waals surface area contributed by atoms with Crippen molar-refractivity contribution in [2.75, 3.05) is 0 Å². The van der Waals surface area contributed by atoms with Crippen LogP contribution in [0, 0.1) is 0 Å². The molecule has 1 aromatic carbocycles. The van der Waals surface area contributed by atoms with E-state index in [1.807, 2.05) is 6.92 Å². The highest BCUT2D eigenvalue weighted by atomic mass is 19.4. The van der Waals surface area contributed by atoms with Gasteiger partial charge in [0.25, 0.3) is 5.91 Å². The molecule has 116 valence electrons. The molecule has 0 aliphatic heterocycles. The number of benzene rings is 1. The molecule has 0 bridgehead atoms. The summed E-state index contributed by atoms with van der Waals surface area (Å²) in [6.45, 7) is 1.89. The Balaban J connectivity index is 2.96. The largest absolute Gasteiger partial charge is 0.417 e. The lowest BCUT2D eigenvalue weighted by Gasteiger charge is -2.17. The van der Waals surface area contributed by atoms with Crippen LogP contribution in [0.25, 0.3) is 0 Å². The fourth-order valence-electron chi connectivity index (χ4n) is 1.86. The monoisotopic (exact) mass is 302 g/mol. The third-order valence-electron chi connectivity index (χ3n) is 2.97. The van der Waals surface area contributed by atoms with Crippen LogP contribution in [0.4, 0.5) is 13.2 Å². The summed E-state index contributed by atoms with van der Waals surface area (Å²) in [6, 6.07) is 3.44. The smallest absolute Gasteiger partial charge is 0.368 e. The number of unbranched alkanes of at least 4 members (excludes halogenated alkanes) is 1. The quantitative estimate of drug-likeness (QED) is 0.847. The number of rotatable bonds is 6. The van der Waals surface area contributed by atoms with Crippen molar-refractivity contribution in [2.24, 2.45) is 5.73 Å². The first-order valence-corrected chi connectivity index (χ1v) is 6.53.